The first-order valence-corrected chi connectivity index (χ1v) is 17.9. The van der Waals surface area contributed by atoms with Crippen LogP contribution in [0.4, 0.5) is 17.1 Å². The van der Waals surface area contributed by atoms with Crippen molar-refractivity contribution in [3.05, 3.63) is 182 Å². The maximum absolute atomic E-state index is 6.45. The van der Waals surface area contributed by atoms with Crippen LogP contribution in [0.25, 0.3) is 75.8 Å². The number of para-hydroxylation sites is 1. The largest absolute Gasteiger partial charge is 0.456 e. The number of nitrogens with zero attached hydrogens (tertiary/aromatic N) is 2. The molecule has 8 aromatic carbocycles. The van der Waals surface area contributed by atoms with Crippen molar-refractivity contribution >= 4 is 71.3 Å². The highest BCUT2D eigenvalue weighted by atomic mass is 32.1. The highest BCUT2D eigenvalue weighted by Gasteiger charge is 2.17. The summed E-state index contributed by atoms with van der Waals surface area (Å²) in [6.45, 7) is 0. The van der Waals surface area contributed by atoms with Crippen LogP contribution in [0.5, 0.6) is 0 Å². The van der Waals surface area contributed by atoms with Crippen LogP contribution >= 0.6 is 11.3 Å². The number of thiazole rings is 1. The number of hydrogen-bond acceptors (Lipinski definition) is 4. The van der Waals surface area contributed by atoms with Crippen LogP contribution in [0.3, 0.4) is 0 Å². The lowest BCUT2D eigenvalue weighted by Gasteiger charge is -2.26. The van der Waals surface area contributed by atoms with Gasteiger partial charge in [0.05, 0.1) is 10.2 Å². The summed E-state index contributed by atoms with van der Waals surface area (Å²) in [6, 6.07) is 64.4. The van der Waals surface area contributed by atoms with E-state index in [2.05, 4.69) is 175 Å². The number of anilines is 3. The number of aromatic nitrogens is 1. The van der Waals surface area contributed by atoms with Crippen LogP contribution < -0.4 is 4.90 Å². The van der Waals surface area contributed by atoms with Crippen LogP contribution in [0.2, 0.25) is 0 Å². The predicted octanol–water partition coefficient (Wildman–Crippen LogP) is 13.8. The van der Waals surface area contributed by atoms with E-state index < -0.39 is 0 Å². The third-order valence-corrected chi connectivity index (χ3v) is 10.8. The number of rotatable bonds is 6. The van der Waals surface area contributed by atoms with Gasteiger partial charge in [-0.25, -0.2) is 4.98 Å². The van der Waals surface area contributed by atoms with Gasteiger partial charge in [-0.1, -0.05) is 121 Å². The van der Waals surface area contributed by atoms with E-state index in [0.29, 0.717) is 0 Å². The minimum absolute atomic E-state index is 0.880. The lowest BCUT2D eigenvalue weighted by Crippen LogP contribution is -2.09. The maximum Gasteiger partial charge on any atom is 0.137 e. The zero-order valence-corrected chi connectivity index (χ0v) is 28.3. The second-order valence-electron chi connectivity index (χ2n) is 12.8. The zero-order valence-electron chi connectivity index (χ0n) is 27.5. The number of fused-ring (bicyclic) bond motifs is 6. The number of furan rings is 1. The molecule has 0 saturated heterocycles. The second-order valence-corrected chi connectivity index (χ2v) is 13.8. The summed E-state index contributed by atoms with van der Waals surface area (Å²) in [5, 5.41) is 5.78. The Bertz CT molecular complexity index is 2830. The van der Waals surface area contributed by atoms with Crippen molar-refractivity contribution < 1.29 is 4.42 Å². The molecular weight excluding hydrogens is 641 g/mol. The molecule has 2 aromatic heterocycles. The Balaban J connectivity index is 0.995. The average Bonchev–Trinajstić information content (AvgIpc) is 3.81. The highest BCUT2D eigenvalue weighted by Crippen LogP contribution is 2.42. The van der Waals surface area contributed by atoms with Crippen LogP contribution in [0.15, 0.2) is 186 Å². The van der Waals surface area contributed by atoms with Crippen LogP contribution in [0, 0.1) is 0 Å². The van der Waals surface area contributed by atoms with Crippen molar-refractivity contribution in [1.29, 1.82) is 0 Å². The van der Waals surface area contributed by atoms with E-state index in [1.165, 1.54) is 21.9 Å². The van der Waals surface area contributed by atoms with Crippen molar-refractivity contribution in [2.75, 3.05) is 4.90 Å². The molecule has 0 amide bonds. The Morgan fingerprint density at radius 1 is 0.451 bits per heavy atom. The third kappa shape index (κ3) is 5.16. The molecule has 2 heterocycles. The Kier molecular flexibility index (Phi) is 7.00. The molecular formula is C47H30N2OS. The highest BCUT2D eigenvalue weighted by molar-refractivity contribution is 7.22. The quantitative estimate of drug-likeness (QED) is 0.176. The van der Waals surface area contributed by atoms with Crippen LogP contribution in [-0.4, -0.2) is 4.98 Å². The Labute approximate surface area is 299 Å². The van der Waals surface area contributed by atoms with Gasteiger partial charge >= 0.3 is 0 Å². The molecule has 4 heteroatoms. The summed E-state index contributed by atoms with van der Waals surface area (Å²) < 4.78 is 7.61. The van der Waals surface area contributed by atoms with Gasteiger partial charge in [-0.2, -0.15) is 0 Å². The van der Waals surface area contributed by atoms with E-state index in [0.717, 1.165) is 70.9 Å². The first-order chi connectivity index (χ1) is 25.3. The molecule has 0 aliphatic carbocycles. The Morgan fingerprint density at radius 3 is 1.88 bits per heavy atom. The molecule has 0 spiro atoms. The first-order valence-electron chi connectivity index (χ1n) is 17.1. The smallest absolute Gasteiger partial charge is 0.137 e. The Morgan fingerprint density at radius 2 is 1.10 bits per heavy atom. The summed E-state index contributed by atoms with van der Waals surface area (Å²) in [6.07, 6.45) is 0. The SMILES string of the molecule is c1ccc(-c2nc3ccc4oc5cc(-c6ccc(N(c7ccccc7)c7ccc(-c8cccc9ccccc89)cc7)cc6)ccc5c4c3s2)cc1. The summed E-state index contributed by atoms with van der Waals surface area (Å²) in [4.78, 5) is 7.26. The van der Waals surface area contributed by atoms with Gasteiger partial charge in [0.15, 0.2) is 0 Å². The van der Waals surface area contributed by atoms with E-state index in [9.17, 15) is 0 Å². The summed E-state index contributed by atoms with van der Waals surface area (Å²) in [5.41, 5.74) is 11.9. The third-order valence-electron chi connectivity index (χ3n) is 9.71. The minimum atomic E-state index is 0.880. The number of benzene rings is 8. The van der Waals surface area contributed by atoms with Gasteiger partial charge in [0.2, 0.25) is 0 Å². The molecule has 10 aromatic rings. The van der Waals surface area contributed by atoms with Gasteiger partial charge in [-0.15, -0.1) is 11.3 Å². The van der Waals surface area contributed by atoms with Crippen molar-refractivity contribution in [1.82, 2.24) is 4.98 Å². The van der Waals surface area contributed by atoms with Gasteiger partial charge in [0.1, 0.15) is 16.2 Å². The molecule has 0 saturated carbocycles. The molecule has 240 valence electrons. The molecule has 0 fully saturated rings. The average molecular weight is 671 g/mol. The zero-order chi connectivity index (χ0) is 33.7. The summed E-state index contributed by atoms with van der Waals surface area (Å²) in [5.74, 6) is 0. The van der Waals surface area contributed by atoms with E-state index >= 15 is 0 Å². The van der Waals surface area contributed by atoms with Crippen LogP contribution in [-0.2, 0) is 0 Å². The van der Waals surface area contributed by atoms with Crippen molar-refractivity contribution in [3.8, 4) is 32.8 Å². The van der Waals surface area contributed by atoms with Crippen molar-refractivity contribution in [3.63, 3.8) is 0 Å². The van der Waals surface area contributed by atoms with E-state index in [1.54, 1.807) is 11.3 Å². The summed E-state index contributed by atoms with van der Waals surface area (Å²) >= 11 is 1.72. The van der Waals surface area contributed by atoms with E-state index in [4.69, 9.17) is 9.40 Å². The molecule has 0 atom stereocenters. The van der Waals surface area contributed by atoms with E-state index in [-0.39, 0.29) is 0 Å². The van der Waals surface area contributed by atoms with Crippen LogP contribution in [0.1, 0.15) is 0 Å². The standard InChI is InChI=1S/C47H30N2OS/c1-3-11-34(12-4-1)47-48-42-28-29-43-45(46(42)51-47)41-27-22-35(30-44(41)50-43)31-18-23-37(24-19-31)49(36-14-5-2-6-15-36)38-25-20-33(21-26-38)40-17-9-13-32-10-7-8-16-39(32)40/h1-30H. The molecule has 0 aliphatic heterocycles. The van der Waals surface area contributed by atoms with E-state index in [1.807, 2.05) is 12.1 Å². The monoisotopic (exact) mass is 670 g/mol. The fourth-order valence-electron chi connectivity index (χ4n) is 7.22. The predicted molar refractivity (Wildman–Crippen MR) is 215 cm³/mol. The molecule has 0 N–H and O–H groups in total. The fraction of sp³-hybridized carbons (Fsp3) is 0. The Hall–Kier alpha value is -6.49. The van der Waals surface area contributed by atoms with Gasteiger partial charge in [-0.05, 0) is 93.7 Å². The second kappa shape index (κ2) is 12.1. The topological polar surface area (TPSA) is 29.3 Å². The van der Waals surface area contributed by atoms with Gasteiger partial charge in [0, 0.05) is 33.4 Å². The minimum Gasteiger partial charge on any atom is -0.456 e. The first kappa shape index (κ1) is 29.4. The molecule has 0 aliphatic rings. The molecule has 0 unspecified atom stereocenters. The lowest BCUT2D eigenvalue weighted by atomic mass is 9.98. The van der Waals surface area contributed by atoms with Gasteiger partial charge < -0.3 is 9.32 Å². The normalized spacial score (nSPS) is 11.5. The van der Waals surface area contributed by atoms with Gasteiger partial charge in [0.25, 0.3) is 0 Å². The number of hydrogen-bond donors (Lipinski definition) is 0. The molecule has 0 bridgehead atoms. The molecule has 0 radical (unpaired) electrons. The fourth-order valence-corrected chi connectivity index (χ4v) is 8.35. The lowest BCUT2D eigenvalue weighted by molar-refractivity contribution is 0.669. The van der Waals surface area contributed by atoms with Crippen molar-refractivity contribution in [2.45, 2.75) is 0 Å². The maximum atomic E-state index is 6.45. The van der Waals surface area contributed by atoms with Gasteiger partial charge in [-0.3, -0.25) is 0 Å². The summed E-state index contributed by atoms with van der Waals surface area (Å²) in [7, 11) is 0. The van der Waals surface area contributed by atoms with Crippen molar-refractivity contribution in [2.24, 2.45) is 0 Å². The molecule has 10 rings (SSSR count). The molecule has 51 heavy (non-hydrogen) atoms. The molecule has 3 nitrogen and oxygen atoms in total.